The number of hydrogen-bond donors (Lipinski definition) is 1. The maximum absolute atomic E-state index is 6.06. The molecule has 3 heterocycles. The summed E-state index contributed by atoms with van der Waals surface area (Å²) in [4.78, 5) is 12.5. The molecule has 7 nitrogen and oxygen atoms in total. The van der Waals surface area contributed by atoms with E-state index in [0.717, 1.165) is 17.1 Å². The van der Waals surface area contributed by atoms with Gasteiger partial charge in [-0.1, -0.05) is 12.1 Å². The lowest BCUT2D eigenvalue weighted by Crippen LogP contribution is -2.29. The fourth-order valence-corrected chi connectivity index (χ4v) is 2.43. The molecule has 1 aliphatic heterocycles. The summed E-state index contributed by atoms with van der Waals surface area (Å²) in [5.41, 5.74) is 7.45. The van der Waals surface area contributed by atoms with Crippen molar-refractivity contribution >= 4 is 17.0 Å². The molecule has 2 aromatic heterocycles. The molecule has 3 aromatic rings. The van der Waals surface area contributed by atoms with E-state index in [1.807, 2.05) is 36.6 Å². The normalized spacial score (nSPS) is 13.0. The molecule has 0 saturated carbocycles. The van der Waals surface area contributed by atoms with Gasteiger partial charge in [-0.05, 0) is 19.9 Å². The first kappa shape index (κ1) is 13.0. The highest BCUT2D eigenvalue weighted by Gasteiger charge is 2.28. The molecule has 0 bridgehead atoms. The van der Waals surface area contributed by atoms with E-state index < -0.39 is 5.72 Å². The van der Waals surface area contributed by atoms with Gasteiger partial charge in [0, 0.05) is 5.56 Å². The SMILES string of the molecule is CC(C)(OCc1cccc2c1O2)n1cnc2c(N)ncnc21. The second-order valence-corrected chi connectivity index (χ2v) is 5.63. The Morgan fingerprint density at radius 3 is 3.00 bits per heavy atom. The van der Waals surface area contributed by atoms with Gasteiger partial charge in [-0.3, -0.25) is 4.57 Å². The smallest absolute Gasteiger partial charge is 0.175 e. The van der Waals surface area contributed by atoms with Crippen molar-refractivity contribution in [3.05, 3.63) is 36.4 Å². The van der Waals surface area contributed by atoms with Crippen LogP contribution in [0, 0.1) is 0 Å². The predicted octanol–water partition coefficient (Wildman–Crippen LogP) is 2.42. The van der Waals surface area contributed by atoms with Gasteiger partial charge >= 0.3 is 0 Å². The molecule has 0 saturated heterocycles. The van der Waals surface area contributed by atoms with Crippen LogP contribution < -0.4 is 10.5 Å². The Bertz CT molecular complexity index is 871. The van der Waals surface area contributed by atoms with Crippen LogP contribution in [-0.2, 0) is 17.1 Å². The quantitative estimate of drug-likeness (QED) is 0.582. The second kappa shape index (κ2) is 4.41. The number of hydrogen-bond acceptors (Lipinski definition) is 6. The van der Waals surface area contributed by atoms with Gasteiger partial charge in [-0.25, -0.2) is 15.0 Å². The number of imidazole rings is 1. The van der Waals surface area contributed by atoms with Crippen LogP contribution >= 0.6 is 0 Å². The number of aromatic nitrogens is 4. The predicted molar refractivity (Wildman–Crippen MR) is 80.4 cm³/mol. The van der Waals surface area contributed by atoms with E-state index in [4.69, 9.17) is 15.2 Å². The molecule has 0 aliphatic carbocycles. The van der Waals surface area contributed by atoms with Crippen molar-refractivity contribution in [1.82, 2.24) is 19.5 Å². The first-order valence-electron chi connectivity index (χ1n) is 6.94. The first-order valence-corrected chi connectivity index (χ1v) is 6.94. The molecule has 0 spiro atoms. The highest BCUT2D eigenvalue weighted by atomic mass is 16.6. The summed E-state index contributed by atoms with van der Waals surface area (Å²) in [5, 5.41) is 0. The molecule has 1 aliphatic rings. The Hall–Kier alpha value is -2.67. The molecule has 0 fully saturated rings. The molecular weight excluding hydrogens is 282 g/mol. The lowest BCUT2D eigenvalue weighted by Gasteiger charge is -2.27. The Balaban J connectivity index is 1.62. The number of nitrogens with two attached hydrogens (primary N) is 1. The number of rotatable bonds is 4. The van der Waals surface area contributed by atoms with Gasteiger partial charge in [0.1, 0.15) is 17.6 Å². The van der Waals surface area contributed by atoms with Crippen LogP contribution in [-0.4, -0.2) is 19.5 Å². The zero-order valence-corrected chi connectivity index (χ0v) is 12.3. The van der Waals surface area contributed by atoms with Gasteiger partial charge in [-0.15, -0.1) is 0 Å². The van der Waals surface area contributed by atoms with Crippen molar-refractivity contribution in [3.8, 4) is 11.5 Å². The number of ether oxygens (including phenoxy) is 2. The summed E-state index contributed by atoms with van der Waals surface area (Å²) in [6.07, 6.45) is 3.10. The molecule has 1 aromatic carbocycles. The van der Waals surface area contributed by atoms with Crippen molar-refractivity contribution in [2.75, 3.05) is 5.73 Å². The summed E-state index contributed by atoms with van der Waals surface area (Å²) in [5.74, 6) is 2.20. The van der Waals surface area contributed by atoms with E-state index in [1.54, 1.807) is 6.33 Å². The Labute approximate surface area is 126 Å². The standard InChI is InChI=1S/C15H15N5O2/c1-15(2,21-6-9-4-3-5-10-12(9)22-10)20-8-19-11-13(16)17-7-18-14(11)20/h3-5,7-8H,6H2,1-2H3,(H2,16,17,18). The minimum absolute atomic E-state index is 0.362. The lowest BCUT2D eigenvalue weighted by molar-refractivity contribution is -0.0865. The van der Waals surface area contributed by atoms with Gasteiger partial charge in [-0.2, -0.15) is 0 Å². The van der Waals surface area contributed by atoms with Crippen LogP contribution in [0.4, 0.5) is 5.82 Å². The molecule has 4 rings (SSSR count). The van der Waals surface area contributed by atoms with Crippen LogP contribution in [0.3, 0.4) is 0 Å². The van der Waals surface area contributed by atoms with E-state index >= 15 is 0 Å². The monoisotopic (exact) mass is 297 g/mol. The molecule has 0 unspecified atom stereocenters. The van der Waals surface area contributed by atoms with E-state index in [1.165, 1.54) is 6.33 Å². The molecule has 0 atom stereocenters. The largest absolute Gasteiger partial charge is 0.449 e. The summed E-state index contributed by atoms with van der Waals surface area (Å²) in [6, 6.07) is 5.89. The van der Waals surface area contributed by atoms with Gasteiger partial charge in [0.2, 0.25) is 0 Å². The average molecular weight is 297 g/mol. The number of nitrogens with zero attached hydrogens (tertiary/aromatic N) is 4. The third kappa shape index (κ3) is 1.98. The van der Waals surface area contributed by atoms with Crippen molar-refractivity contribution in [1.29, 1.82) is 0 Å². The van der Waals surface area contributed by atoms with Crippen LogP contribution in [0.2, 0.25) is 0 Å². The molecule has 7 heteroatoms. The Morgan fingerprint density at radius 1 is 1.27 bits per heavy atom. The summed E-state index contributed by atoms with van der Waals surface area (Å²) in [6.45, 7) is 4.35. The molecule has 0 radical (unpaired) electrons. The maximum atomic E-state index is 6.06. The fraction of sp³-hybridized carbons (Fsp3) is 0.267. The average Bonchev–Trinajstić information content (AvgIpc) is 3.15. The van der Waals surface area contributed by atoms with Gasteiger partial charge in [0.25, 0.3) is 0 Å². The van der Waals surface area contributed by atoms with Crippen molar-refractivity contribution < 1.29 is 9.47 Å². The third-order valence-electron chi connectivity index (χ3n) is 3.75. The lowest BCUT2D eigenvalue weighted by atomic mass is 10.2. The summed E-state index contributed by atoms with van der Waals surface area (Å²) >= 11 is 0. The van der Waals surface area contributed by atoms with E-state index in [-0.39, 0.29) is 0 Å². The Morgan fingerprint density at radius 2 is 2.14 bits per heavy atom. The van der Waals surface area contributed by atoms with Crippen LogP contribution in [0.15, 0.2) is 30.9 Å². The molecule has 22 heavy (non-hydrogen) atoms. The molecule has 2 N–H and O–H groups in total. The third-order valence-corrected chi connectivity index (χ3v) is 3.75. The summed E-state index contributed by atoms with van der Waals surface area (Å²) in [7, 11) is 0. The van der Waals surface area contributed by atoms with Crippen LogP contribution in [0.1, 0.15) is 19.4 Å². The van der Waals surface area contributed by atoms with Crippen molar-refractivity contribution in [2.45, 2.75) is 26.2 Å². The van der Waals surface area contributed by atoms with E-state index in [0.29, 0.717) is 23.6 Å². The summed E-state index contributed by atoms with van der Waals surface area (Å²) < 4.78 is 13.3. The molecule has 112 valence electrons. The van der Waals surface area contributed by atoms with Crippen molar-refractivity contribution in [3.63, 3.8) is 0 Å². The van der Waals surface area contributed by atoms with Gasteiger partial charge in [0.15, 0.2) is 23.0 Å². The van der Waals surface area contributed by atoms with Gasteiger partial charge in [0.05, 0.1) is 12.9 Å². The molecular formula is C15H15N5O2. The first-order chi connectivity index (χ1) is 10.6. The zero-order valence-electron chi connectivity index (χ0n) is 12.3. The topological polar surface area (TPSA) is 91.4 Å². The van der Waals surface area contributed by atoms with Gasteiger partial charge < -0.3 is 15.2 Å². The number of para-hydroxylation sites is 1. The maximum Gasteiger partial charge on any atom is 0.175 e. The minimum Gasteiger partial charge on any atom is -0.449 e. The Kier molecular flexibility index (Phi) is 2.61. The number of anilines is 1. The number of benzene rings is 1. The van der Waals surface area contributed by atoms with Crippen LogP contribution in [0.5, 0.6) is 11.5 Å². The highest BCUT2D eigenvalue weighted by molar-refractivity contribution is 5.81. The van der Waals surface area contributed by atoms with E-state index in [9.17, 15) is 0 Å². The highest BCUT2D eigenvalue weighted by Crippen LogP contribution is 2.48. The molecule has 0 amide bonds. The fourth-order valence-electron chi connectivity index (χ4n) is 2.43. The number of nitrogen functional groups attached to an aromatic ring is 1. The van der Waals surface area contributed by atoms with E-state index in [2.05, 4.69) is 15.0 Å². The second-order valence-electron chi connectivity index (χ2n) is 5.63. The van der Waals surface area contributed by atoms with Crippen LogP contribution in [0.25, 0.3) is 11.2 Å². The van der Waals surface area contributed by atoms with Crippen molar-refractivity contribution in [2.24, 2.45) is 0 Å². The number of fused-ring (bicyclic) bond motifs is 2. The zero-order chi connectivity index (χ0) is 15.3. The minimum atomic E-state index is -0.632.